The van der Waals surface area contributed by atoms with Crippen molar-refractivity contribution in [3.8, 4) is 5.75 Å². The number of hydroxylamine groups is 2. The molecule has 1 aromatic rings. The Morgan fingerprint density at radius 1 is 1.41 bits per heavy atom. The van der Waals surface area contributed by atoms with Crippen molar-refractivity contribution >= 4 is 29.1 Å². The lowest BCUT2D eigenvalue weighted by atomic mass is 10.3. The van der Waals surface area contributed by atoms with Gasteiger partial charge in [0.1, 0.15) is 5.75 Å². The van der Waals surface area contributed by atoms with Gasteiger partial charge in [-0.25, -0.2) is 5.06 Å². The summed E-state index contributed by atoms with van der Waals surface area (Å²) in [6.45, 7) is 1.13. The predicted molar refractivity (Wildman–Crippen MR) is 64.2 cm³/mol. The first-order chi connectivity index (χ1) is 8.16. The standard InChI is InChI=1S/C11H11Cl2NO3/c12-9-3-2-8(6-10(9)13)16-7-11(15)14-4-1-5-17-14/h2-3,6H,1,4-5,7H2. The SMILES string of the molecule is O=C(COc1ccc(Cl)c(Cl)c1)N1CCCO1. The van der Waals surface area contributed by atoms with Crippen molar-refractivity contribution in [3.05, 3.63) is 28.2 Å². The van der Waals surface area contributed by atoms with Crippen LogP contribution in [-0.4, -0.2) is 30.7 Å². The van der Waals surface area contributed by atoms with E-state index in [9.17, 15) is 4.79 Å². The van der Waals surface area contributed by atoms with E-state index in [0.29, 0.717) is 28.9 Å². The van der Waals surface area contributed by atoms with Crippen molar-refractivity contribution in [2.24, 2.45) is 0 Å². The zero-order valence-electron chi connectivity index (χ0n) is 8.99. The Morgan fingerprint density at radius 2 is 2.24 bits per heavy atom. The third kappa shape index (κ3) is 3.25. The van der Waals surface area contributed by atoms with Gasteiger partial charge in [-0.05, 0) is 18.6 Å². The smallest absolute Gasteiger partial charge is 0.283 e. The van der Waals surface area contributed by atoms with Gasteiger partial charge in [0.2, 0.25) is 0 Å². The maximum Gasteiger partial charge on any atom is 0.283 e. The van der Waals surface area contributed by atoms with E-state index in [-0.39, 0.29) is 12.5 Å². The van der Waals surface area contributed by atoms with Crippen molar-refractivity contribution in [1.82, 2.24) is 5.06 Å². The first-order valence-corrected chi connectivity index (χ1v) is 5.93. The number of nitrogens with zero attached hydrogens (tertiary/aromatic N) is 1. The second-order valence-electron chi connectivity index (χ2n) is 3.55. The van der Waals surface area contributed by atoms with Crippen LogP contribution in [0.15, 0.2) is 18.2 Å². The minimum absolute atomic E-state index is 0.0715. The molecule has 0 radical (unpaired) electrons. The quantitative estimate of drug-likeness (QED) is 0.851. The molecule has 1 aliphatic heterocycles. The van der Waals surface area contributed by atoms with Crippen molar-refractivity contribution in [2.45, 2.75) is 6.42 Å². The molecule has 0 aromatic heterocycles. The molecule has 0 aliphatic carbocycles. The van der Waals surface area contributed by atoms with Crippen LogP contribution in [0.1, 0.15) is 6.42 Å². The molecule has 0 spiro atoms. The van der Waals surface area contributed by atoms with Crippen LogP contribution in [-0.2, 0) is 9.63 Å². The predicted octanol–water partition coefficient (Wildman–Crippen LogP) is 2.54. The topological polar surface area (TPSA) is 38.8 Å². The summed E-state index contributed by atoms with van der Waals surface area (Å²) >= 11 is 11.6. The Morgan fingerprint density at radius 3 is 2.88 bits per heavy atom. The van der Waals surface area contributed by atoms with Gasteiger partial charge in [0.05, 0.1) is 23.2 Å². The number of ether oxygens (including phenoxy) is 1. The molecular formula is C11H11Cl2NO3. The molecule has 1 amide bonds. The van der Waals surface area contributed by atoms with E-state index in [0.717, 1.165) is 6.42 Å². The van der Waals surface area contributed by atoms with E-state index in [1.165, 1.54) is 5.06 Å². The second kappa shape index (κ2) is 5.58. The van der Waals surface area contributed by atoms with Crippen molar-refractivity contribution in [3.63, 3.8) is 0 Å². The van der Waals surface area contributed by atoms with Crippen LogP contribution >= 0.6 is 23.2 Å². The van der Waals surface area contributed by atoms with E-state index in [2.05, 4.69) is 0 Å². The van der Waals surface area contributed by atoms with Gasteiger partial charge in [0.15, 0.2) is 6.61 Å². The molecule has 1 saturated heterocycles. The van der Waals surface area contributed by atoms with Crippen LogP contribution in [0.3, 0.4) is 0 Å². The molecule has 1 heterocycles. The maximum absolute atomic E-state index is 11.6. The average molecular weight is 276 g/mol. The molecular weight excluding hydrogens is 265 g/mol. The van der Waals surface area contributed by atoms with Gasteiger partial charge in [-0.1, -0.05) is 23.2 Å². The molecule has 2 rings (SSSR count). The summed E-state index contributed by atoms with van der Waals surface area (Å²) in [5, 5.41) is 2.17. The van der Waals surface area contributed by atoms with Gasteiger partial charge in [-0.2, -0.15) is 0 Å². The molecule has 0 N–H and O–H groups in total. The fourth-order valence-electron chi connectivity index (χ4n) is 1.43. The zero-order chi connectivity index (χ0) is 12.3. The van der Waals surface area contributed by atoms with Gasteiger partial charge in [0, 0.05) is 6.07 Å². The van der Waals surface area contributed by atoms with E-state index >= 15 is 0 Å². The summed E-state index contributed by atoms with van der Waals surface area (Å²) in [5.41, 5.74) is 0. The summed E-state index contributed by atoms with van der Waals surface area (Å²) in [6, 6.07) is 4.85. The molecule has 1 aliphatic rings. The van der Waals surface area contributed by atoms with Gasteiger partial charge in [0.25, 0.3) is 5.91 Å². The summed E-state index contributed by atoms with van der Waals surface area (Å²) < 4.78 is 5.30. The van der Waals surface area contributed by atoms with Gasteiger partial charge in [-0.3, -0.25) is 9.63 Å². The van der Waals surface area contributed by atoms with Crippen molar-refractivity contribution in [2.75, 3.05) is 19.8 Å². The van der Waals surface area contributed by atoms with E-state index in [1.54, 1.807) is 18.2 Å². The fraction of sp³-hybridized carbons (Fsp3) is 0.364. The van der Waals surface area contributed by atoms with E-state index < -0.39 is 0 Å². The average Bonchev–Trinajstić information content (AvgIpc) is 2.84. The van der Waals surface area contributed by atoms with E-state index in [4.69, 9.17) is 32.8 Å². The lowest BCUT2D eigenvalue weighted by Gasteiger charge is -2.14. The van der Waals surface area contributed by atoms with Crippen molar-refractivity contribution < 1.29 is 14.4 Å². The van der Waals surface area contributed by atoms with Crippen LogP contribution in [0.5, 0.6) is 5.75 Å². The largest absolute Gasteiger partial charge is 0.484 e. The van der Waals surface area contributed by atoms with Crippen LogP contribution in [0.4, 0.5) is 0 Å². The highest BCUT2D eigenvalue weighted by atomic mass is 35.5. The van der Waals surface area contributed by atoms with Gasteiger partial charge in [-0.15, -0.1) is 0 Å². The Balaban J connectivity index is 1.88. The first kappa shape index (κ1) is 12.5. The second-order valence-corrected chi connectivity index (χ2v) is 4.36. The number of amides is 1. The lowest BCUT2D eigenvalue weighted by molar-refractivity contribution is -0.170. The van der Waals surface area contributed by atoms with Crippen molar-refractivity contribution in [1.29, 1.82) is 0 Å². The summed E-state index contributed by atoms with van der Waals surface area (Å²) in [4.78, 5) is 16.7. The van der Waals surface area contributed by atoms with Crippen LogP contribution < -0.4 is 4.74 Å². The van der Waals surface area contributed by atoms with Crippen LogP contribution in [0.2, 0.25) is 10.0 Å². The third-order valence-electron chi connectivity index (χ3n) is 2.28. The van der Waals surface area contributed by atoms with Gasteiger partial charge >= 0.3 is 0 Å². The summed E-state index contributed by atoms with van der Waals surface area (Å²) in [5.74, 6) is 0.306. The number of hydrogen-bond acceptors (Lipinski definition) is 3. The maximum atomic E-state index is 11.6. The Bertz CT molecular complexity index is 419. The number of rotatable bonds is 3. The molecule has 0 atom stereocenters. The highest BCUT2D eigenvalue weighted by Crippen LogP contribution is 2.26. The van der Waals surface area contributed by atoms with Crippen LogP contribution in [0, 0.1) is 0 Å². The molecule has 0 saturated carbocycles. The number of benzene rings is 1. The minimum atomic E-state index is -0.200. The molecule has 17 heavy (non-hydrogen) atoms. The highest BCUT2D eigenvalue weighted by Gasteiger charge is 2.19. The third-order valence-corrected chi connectivity index (χ3v) is 3.02. The number of carbonyl (C=O) groups is 1. The molecule has 1 aromatic carbocycles. The number of carbonyl (C=O) groups excluding carboxylic acids is 1. The normalized spacial score (nSPS) is 15.1. The lowest BCUT2D eigenvalue weighted by Crippen LogP contribution is -2.31. The monoisotopic (exact) mass is 275 g/mol. The van der Waals surface area contributed by atoms with E-state index in [1.807, 2.05) is 0 Å². The van der Waals surface area contributed by atoms with Gasteiger partial charge < -0.3 is 4.74 Å². The molecule has 1 fully saturated rings. The molecule has 4 nitrogen and oxygen atoms in total. The molecule has 6 heteroatoms. The summed E-state index contributed by atoms with van der Waals surface area (Å²) in [6.07, 6.45) is 0.860. The highest BCUT2D eigenvalue weighted by molar-refractivity contribution is 6.42. The number of halogens is 2. The molecule has 0 unspecified atom stereocenters. The summed E-state index contributed by atoms with van der Waals surface area (Å²) in [7, 11) is 0. The molecule has 92 valence electrons. The minimum Gasteiger partial charge on any atom is -0.484 e. The molecule has 0 bridgehead atoms. The Kier molecular flexibility index (Phi) is 4.10. The number of hydrogen-bond donors (Lipinski definition) is 0. The Hall–Kier alpha value is -0.970. The Labute approximate surface area is 109 Å². The first-order valence-electron chi connectivity index (χ1n) is 5.18. The fourth-order valence-corrected chi connectivity index (χ4v) is 1.72. The zero-order valence-corrected chi connectivity index (χ0v) is 10.5. The van der Waals surface area contributed by atoms with Crippen LogP contribution in [0.25, 0.3) is 0 Å².